The third-order valence-corrected chi connectivity index (χ3v) is 2.43. The number of primary amides is 1. The van der Waals surface area contributed by atoms with E-state index in [9.17, 15) is 14.4 Å². The highest BCUT2D eigenvalue weighted by Gasteiger charge is 2.33. The largest absolute Gasteiger partial charge is 0.465 e. The Morgan fingerprint density at radius 1 is 0.944 bits per heavy atom. The Bertz CT molecular complexity index is 269. The fourth-order valence-corrected chi connectivity index (χ4v) is 1.16. The van der Waals surface area contributed by atoms with E-state index in [1.54, 1.807) is 6.92 Å². The molecule has 0 saturated carbocycles. The second kappa shape index (κ2) is 7.52. The maximum Gasteiger partial charge on any atom is 0.404 e. The zero-order chi connectivity index (χ0) is 14.2. The van der Waals surface area contributed by atoms with E-state index in [0.717, 1.165) is 0 Å². The van der Waals surface area contributed by atoms with E-state index in [4.69, 9.17) is 19.9 Å². The molecule has 0 atom stereocenters. The van der Waals surface area contributed by atoms with Gasteiger partial charge in [-0.15, -0.1) is 0 Å². The standard InChI is InChI=1S/C11H19NO6/c1-4-11(5-16-8(2)13,6-17-9(3)14)7-18-10(12)15/h4-7H2,1-3H3,(H2,12,15). The zero-order valence-corrected chi connectivity index (χ0v) is 10.9. The van der Waals surface area contributed by atoms with Crippen LogP contribution in [0.4, 0.5) is 4.79 Å². The predicted molar refractivity (Wildman–Crippen MR) is 61.5 cm³/mol. The maximum absolute atomic E-state index is 10.8. The van der Waals surface area contributed by atoms with Gasteiger partial charge in [0.1, 0.15) is 19.8 Å². The van der Waals surface area contributed by atoms with Crippen molar-refractivity contribution in [2.75, 3.05) is 19.8 Å². The second-order valence-corrected chi connectivity index (χ2v) is 4.02. The van der Waals surface area contributed by atoms with E-state index >= 15 is 0 Å². The number of amides is 1. The van der Waals surface area contributed by atoms with Crippen molar-refractivity contribution in [1.82, 2.24) is 0 Å². The number of hydrogen-bond donors (Lipinski definition) is 1. The molecule has 0 aromatic carbocycles. The molecular weight excluding hydrogens is 242 g/mol. The number of nitrogens with two attached hydrogens (primary N) is 1. The lowest BCUT2D eigenvalue weighted by Gasteiger charge is -2.30. The number of hydrogen-bond acceptors (Lipinski definition) is 6. The van der Waals surface area contributed by atoms with Gasteiger partial charge in [0.05, 0.1) is 5.41 Å². The smallest absolute Gasteiger partial charge is 0.404 e. The fourth-order valence-electron chi connectivity index (χ4n) is 1.16. The maximum atomic E-state index is 10.8. The monoisotopic (exact) mass is 261 g/mol. The van der Waals surface area contributed by atoms with Crippen LogP contribution in [0.3, 0.4) is 0 Å². The third-order valence-electron chi connectivity index (χ3n) is 2.43. The summed E-state index contributed by atoms with van der Waals surface area (Å²) in [5, 5.41) is 0. The van der Waals surface area contributed by atoms with Gasteiger partial charge in [0, 0.05) is 13.8 Å². The Morgan fingerprint density at radius 3 is 1.61 bits per heavy atom. The number of rotatable bonds is 7. The topological polar surface area (TPSA) is 105 Å². The van der Waals surface area contributed by atoms with Gasteiger partial charge in [-0.2, -0.15) is 0 Å². The van der Waals surface area contributed by atoms with Crippen molar-refractivity contribution >= 4 is 18.0 Å². The minimum Gasteiger partial charge on any atom is -0.465 e. The van der Waals surface area contributed by atoms with E-state index in [-0.39, 0.29) is 19.8 Å². The molecule has 0 unspecified atom stereocenters. The SMILES string of the molecule is CCC(COC(C)=O)(COC(C)=O)COC(N)=O. The third kappa shape index (κ3) is 6.72. The highest BCUT2D eigenvalue weighted by molar-refractivity contribution is 5.66. The Morgan fingerprint density at radius 2 is 1.33 bits per heavy atom. The Kier molecular flexibility index (Phi) is 6.77. The quantitative estimate of drug-likeness (QED) is 0.531. The van der Waals surface area contributed by atoms with E-state index in [1.165, 1.54) is 13.8 Å². The molecule has 0 saturated heterocycles. The normalized spacial score (nSPS) is 10.6. The van der Waals surface area contributed by atoms with Gasteiger partial charge in [-0.25, -0.2) is 4.79 Å². The molecule has 0 heterocycles. The van der Waals surface area contributed by atoms with Crippen LogP contribution in [0, 0.1) is 5.41 Å². The molecule has 0 aliphatic carbocycles. The van der Waals surface area contributed by atoms with Crippen LogP contribution in [0.2, 0.25) is 0 Å². The first-order valence-electron chi connectivity index (χ1n) is 5.50. The first kappa shape index (κ1) is 16.2. The van der Waals surface area contributed by atoms with Crippen LogP contribution >= 0.6 is 0 Å². The van der Waals surface area contributed by atoms with Gasteiger partial charge in [-0.3, -0.25) is 9.59 Å². The molecule has 0 rings (SSSR count). The lowest BCUT2D eigenvalue weighted by Crippen LogP contribution is -2.39. The summed E-state index contributed by atoms with van der Waals surface area (Å²) in [4.78, 5) is 32.3. The van der Waals surface area contributed by atoms with Crippen LogP contribution in [0.15, 0.2) is 0 Å². The van der Waals surface area contributed by atoms with Crippen LogP contribution in [0.1, 0.15) is 27.2 Å². The molecular formula is C11H19NO6. The van der Waals surface area contributed by atoms with Gasteiger partial charge in [0.2, 0.25) is 0 Å². The molecule has 2 N–H and O–H groups in total. The molecule has 0 aliphatic rings. The molecule has 104 valence electrons. The molecule has 0 aromatic rings. The van der Waals surface area contributed by atoms with Crippen LogP contribution in [-0.4, -0.2) is 37.9 Å². The molecule has 7 nitrogen and oxygen atoms in total. The fraction of sp³-hybridized carbons (Fsp3) is 0.727. The van der Waals surface area contributed by atoms with E-state index in [1.807, 2.05) is 0 Å². The van der Waals surface area contributed by atoms with Gasteiger partial charge >= 0.3 is 18.0 Å². The van der Waals surface area contributed by atoms with Crippen molar-refractivity contribution in [3.8, 4) is 0 Å². The summed E-state index contributed by atoms with van der Waals surface area (Å²) in [7, 11) is 0. The first-order chi connectivity index (χ1) is 8.31. The molecule has 0 bridgehead atoms. The second-order valence-electron chi connectivity index (χ2n) is 4.02. The summed E-state index contributed by atoms with van der Waals surface area (Å²) < 4.78 is 14.5. The molecule has 0 aromatic heterocycles. The summed E-state index contributed by atoms with van der Waals surface area (Å²) in [5.41, 5.74) is 4.12. The molecule has 0 fully saturated rings. The molecule has 1 amide bonds. The van der Waals surface area contributed by atoms with Crippen LogP contribution in [0.5, 0.6) is 0 Å². The lowest BCUT2D eigenvalue weighted by atomic mass is 9.88. The van der Waals surface area contributed by atoms with E-state index in [0.29, 0.717) is 6.42 Å². The molecule has 18 heavy (non-hydrogen) atoms. The number of ether oxygens (including phenoxy) is 3. The Hall–Kier alpha value is -1.79. The van der Waals surface area contributed by atoms with Gasteiger partial charge in [-0.05, 0) is 6.42 Å². The average molecular weight is 261 g/mol. The molecule has 7 heteroatoms. The summed E-state index contributed by atoms with van der Waals surface area (Å²) in [6, 6.07) is 0. The minimum atomic E-state index is -0.932. The summed E-state index contributed by atoms with van der Waals surface area (Å²) >= 11 is 0. The zero-order valence-electron chi connectivity index (χ0n) is 10.9. The predicted octanol–water partition coefficient (Wildman–Crippen LogP) is 0.604. The van der Waals surface area contributed by atoms with Crippen LogP contribution in [-0.2, 0) is 23.8 Å². The van der Waals surface area contributed by atoms with Crippen LogP contribution in [0.25, 0.3) is 0 Å². The highest BCUT2D eigenvalue weighted by atomic mass is 16.6. The molecule has 0 radical (unpaired) electrons. The van der Waals surface area contributed by atoms with Crippen molar-refractivity contribution < 1.29 is 28.6 Å². The number of carbonyl (C=O) groups excluding carboxylic acids is 3. The number of carbonyl (C=O) groups is 3. The van der Waals surface area contributed by atoms with E-state index < -0.39 is 23.4 Å². The van der Waals surface area contributed by atoms with Crippen molar-refractivity contribution in [2.24, 2.45) is 11.1 Å². The Labute approximate surface area is 106 Å². The van der Waals surface area contributed by atoms with Crippen molar-refractivity contribution in [3.63, 3.8) is 0 Å². The molecule has 0 aliphatic heterocycles. The average Bonchev–Trinajstić information content (AvgIpc) is 2.28. The lowest BCUT2D eigenvalue weighted by molar-refractivity contribution is -0.153. The summed E-state index contributed by atoms with van der Waals surface area (Å²) in [6.45, 7) is 4.22. The Balaban J connectivity index is 4.63. The van der Waals surface area contributed by atoms with Gasteiger partial charge in [-0.1, -0.05) is 6.92 Å². The molecule has 0 spiro atoms. The minimum absolute atomic E-state index is 0.0145. The van der Waals surface area contributed by atoms with Crippen molar-refractivity contribution in [1.29, 1.82) is 0 Å². The van der Waals surface area contributed by atoms with Crippen molar-refractivity contribution in [2.45, 2.75) is 27.2 Å². The summed E-state index contributed by atoms with van der Waals surface area (Å²) in [5.74, 6) is -0.926. The van der Waals surface area contributed by atoms with Crippen molar-refractivity contribution in [3.05, 3.63) is 0 Å². The summed E-state index contributed by atoms with van der Waals surface area (Å²) in [6.07, 6.45) is -0.445. The van der Waals surface area contributed by atoms with Gasteiger partial charge < -0.3 is 19.9 Å². The van der Waals surface area contributed by atoms with Crippen LogP contribution < -0.4 is 5.73 Å². The van der Waals surface area contributed by atoms with E-state index in [2.05, 4.69) is 0 Å². The number of esters is 2. The van der Waals surface area contributed by atoms with Gasteiger partial charge in [0.25, 0.3) is 0 Å². The first-order valence-corrected chi connectivity index (χ1v) is 5.50. The van der Waals surface area contributed by atoms with Gasteiger partial charge in [0.15, 0.2) is 0 Å². The highest BCUT2D eigenvalue weighted by Crippen LogP contribution is 2.24.